The van der Waals surface area contributed by atoms with Gasteiger partial charge in [0.15, 0.2) is 0 Å². The van der Waals surface area contributed by atoms with E-state index in [0.717, 1.165) is 16.9 Å². The van der Waals surface area contributed by atoms with E-state index >= 15 is 0 Å². The van der Waals surface area contributed by atoms with Crippen LogP contribution in [0.25, 0.3) is 10.6 Å². The normalized spacial score (nSPS) is 18.4. The maximum Gasteiger partial charge on any atom is 0.344 e. The number of amides is 4. The molecule has 1 fully saturated rings. The molecule has 1 unspecified atom stereocenters. The molecular weight excluding hydrogens is 424 g/mol. The predicted octanol–water partition coefficient (Wildman–Crippen LogP) is 3.88. The van der Waals surface area contributed by atoms with E-state index in [0.29, 0.717) is 31.2 Å². The van der Waals surface area contributed by atoms with Crippen molar-refractivity contribution in [1.29, 1.82) is 0 Å². The molecule has 0 radical (unpaired) electrons. The Kier molecular flexibility index (Phi) is 5.05. The Balaban J connectivity index is 1.57. The summed E-state index contributed by atoms with van der Waals surface area (Å²) in [5, 5.41) is 4.54. The van der Waals surface area contributed by atoms with Gasteiger partial charge in [-0.3, -0.25) is 15.0 Å². The molecule has 7 nitrogen and oxygen atoms in total. The van der Waals surface area contributed by atoms with E-state index in [4.69, 9.17) is 11.6 Å². The fourth-order valence-electron chi connectivity index (χ4n) is 3.21. The lowest BCUT2D eigenvalue weighted by Crippen LogP contribution is -2.47. The Labute approximate surface area is 181 Å². The van der Waals surface area contributed by atoms with Crippen LogP contribution in [0, 0.1) is 6.92 Å². The Bertz CT molecular complexity index is 1160. The first-order chi connectivity index (χ1) is 14.3. The summed E-state index contributed by atoms with van der Waals surface area (Å²) in [5.41, 5.74) is 3.04. The number of nitrogens with zero attached hydrogens (tertiary/aromatic N) is 2. The first kappa shape index (κ1) is 20.1. The molecule has 1 aromatic heterocycles. The largest absolute Gasteiger partial charge is 0.344 e. The van der Waals surface area contributed by atoms with Crippen molar-refractivity contribution in [2.45, 2.75) is 19.4 Å². The van der Waals surface area contributed by atoms with Crippen LogP contribution in [0.15, 0.2) is 54.6 Å². The molecule has 0 saturated carbocycles. The fourth-order valence-corrected chi connectivity index (χ4v) is 4.35. The van der Waals surface area contributed by atoms with Gasteiger partial charge >= 0.3 is 6.03 Å². The molecule has 2 heterocycles. The molecule has 1 aliphatic heterocycles. The molecule has 0 aliphatic carbocycles. The van der Waals surface area contributed by atoms with Crippen molar-refractivity contribution in [1.82, 2.24) is 20.7 Å². The minimum Gasteiger partial charge on any atom is -0.318 e. The number of carbonyl (C=O) groups is 3. The lowest BCUT2D eigenvalue weighted by Gasteiger charge is -2.22. The van der Waals surface area contributed by atoms with Crippen molar-refractivity contribution in [3.63, 3.8) is 0 Å². The second-order valence-corrected chi connectivity index (χ2v) is 8.38. The number of benzene rings is 2. The Morgan fingerprint density at radius 2 is 1.90 bits per heavy atom. The van der Waals surface area contributed by atoms with E-state index in [2.05, 4.69) is 15.7 Å². The van der Waals surface area contributed by atoms with E-state index in [-0.39, 0.29) is 0 Å². The molecule has 3 aromatic rings. The summed E-state index contributed by atoms with van der Waals surface area (Å²) in [6.45, 7) is 3.29. The molecule has 30 heavy (non-hydrogen) atoms. The number of rotatable bonds is 4. The highest BCUT2D eigenvalue weighted by Crippen LogP contribution is 2.31. The quantitative estimate of drug-likeness (QED) is 0.602. The van der Waals surface area contributed by atoms with E-state index < -0.39 is 23.4 Å². The summed E-state index contributed by atoms with van der Waals surface area (Å²) in [5.74, 6) is -1.15. The van der Waals surface area contributed by atoms with E-state index in [9.17, 15) is 14.4 Å². The molecule has 0 spiro atoms. The third-order valence-corrected chi connectivity index (χ3v) is 6.27. The van der Waals surface area contributed by atoms with Crippen molar-refractivity contribution in [2.75, 3.05) is 0 Å². The zero-order valence-corrected chi connectivity index (χ0v) is 17.7. The standard InChI is InChI=1S/C21H17ClN4O3S/c1-12-16(30-18(23-12)13-7-6-10-15(22)11-13)17(27)25-26-19(28)21(2,24-20(26)29)14-8-4-3-5-9-14/h3-11H,1-2H3,(H,24,29)(H,25,27). The Hall–Kier alpha value is -3.23. The van der Waals surface area contributed by atoms with Crippen LogP contribution in [0.2, 0.25) is 5.02 Å². The van der Waals surface area contributed by atoms with Crippen molar-refractivity contribution in [3.05, 3.63) is 75.8 Å². The van der Waals surface area contributed by atoms with Crippen molar-refractivity contribution in [2.24, 2.45) is 0 Å². The number of imide groups is 1. The summed E-state index contributed by atoms with van der Waals surface area (Å²) >= 11 is 7.20. The van der Waals surface area contributed by atoms with Gasteiger partial charge in [0, 0.05) is 10.6 Å². The van der Waals surface area contributed by atoms with Crippen molar-refractivity contribution >= 4 is 40.8 Å². The van der Waals surface area contributed by atoms with Crippen LogP contribution in [-0.2, 0) is 10.3 Å². The third kappa shape index (κ3) is 3.44. The zero-order chi connectivity index (χ0) is 21.5. The summed E-state index contributed by atoms with van der Waals surface area (Å²) < 4.78 is 0. The summed E-state index contributed by atoms with van der Waals surface area (Å²) in [6, 6.07) is 15.3. The molecule has 1 atom stereocenters. The van der Waals surface area contributed by atoms with Gasteiger partial charge < -0.3 is 5.32 Å². The highest BCUT2D eigenvalue weighted by atomic mass is 35.5. The first-order valence-corrected chi connectivity index (χ1v) is 10.3. The van der Waals surface area contributed by atoms with Gasteiger partial charge in [-0.15, -0.1) is 11.3 Å². The molecule has 9 heteroatoms. The van der Waals surface area contributed by atoms with Crippen LogP contribution in [0.3, 0.4) is 0 Å². The number of nitrogens with one attached hydrogen (secondary N) is 2. The average Bonchev–Trinajstić information content (AvgIpc) is 3.22. The number of thiazole rings is 1. The van der Waals surface area contributed by atoms with E-state index in [1.54, 1.807) is 56.3 Å². The van der Waals surface area contributed by atoms with Gasteiger partial charge in [0.1, 0.15) is 15.4 Å². The molecular formula is C21H17ClN4O3S. The second kappa shape index (κ2) is 7.55. The van der Waals surface area contributed by atoms with Gasteiger partial charge in [-0.05, 0) is 31.5 Å². The lowest BCUT2D eigenvalue weighted by molar-refractivity contribution is -0.132. The number of urea groups is 1. The maximum absolute atomic E-state index is 13.0. The number of hydrogen-bond donors (Lipinski definition) is 2. The van der Waals surface area contributed by atoms with Crippen molar-refractivity contribution in [3.8, 4) is 10.6 Å². The fraction of sp³-hybridized carbons (Fsp3) is 0.143. The summed E-state index contributed by atoms with van der Waals surface area (Å²) in [6.07, 6.45) is 0. The third-order valence-electron chi connectivity index (χ3n) is 4.83. The van der Waals surface area contributed by atoms with Crippen LogP contribution in [0.5, 0.6) is 0 Å². The summed E-state index contributed by atoms with van der Waals surface area (Å²) in [7, 11) is 0. The van der Waals surface area contributed by atoms with Gasteiger partial charge in [-0.1, -0.05) is 54.1 Å². The lowest BCUT2D eigenvalue weighted by atomic mass is 9.92. The number of aryl methyl sites for hydroxylation is 1. The number of hydrazine groups is 1. The highest BCUT2D eigenvalue weighted by molar-refractivity contribution is 7.17. The van der Waals surface area contributed by atoms with E-state index in [1.165, 1.54) is 0 Å². The molecule has 152 valence electrons. The van der Waals surface area contributed by atoms with Gasteiger partial charge in [-0.2, -0.15) is 5.01 Å². The van der Waals surface area contributed by atoms with Crippen LogP contribution in [0.4, 0.5) is 4.79 Å². The number of aromatic nitrogens is 1. The topological polar surface area (TPSA) is 91.4 Å². The monoisotopic (exact) mass is 440 g/mol. The summed E-state index contributed by atoms with van der Waals surface area (Å²) in [4.78, 5) is 43.0. The smallest absolute Gasteiger partial charge is 0.318 e. The van der Waals surface area contributed by atoms with Crippen LogP contribution >= 0.6 is 22.9 Å². The Morgan fingerprint density at radius 3 is 2.60 bits per heavy atom. The van der Waals surface area contributed by atoms with Gasteiger partial charge in [0.25, 0.3) is 11.8 Å². The minimum absolute atomic E-state index is 0.305. The minimum atomic E-state index is -1.26. The average molecular weight is 441 g/mol. The number of halogens is 1. The molecule has 1 saturated heterocycles. The van der Waals surface area contributed by atoms with E-state index in [1.807, 2.05) is 12.1 Å². The molecule has 2 aromatic carbocycles. The molecule has 4 amide bonds. The molecule has 2 N–H and O–H groups in total. The zero-order valence-electron chi connectivity index (χ0n) is 16.1. The van der Waals surface area contributed by atoms with Gasteiger partial charge in [0.05, 0.1) is 5.69 Å². The molecule has 0 bridgehead atoms. The Morgan fingerprint density at radius 1 is 1.17 bits per heavy atom. The van der Waals surface area contributed by atoms with Gasteiger partial charge in [-0.25, -0.2) is 9.78 Å². The van der Waals surface area contributed by atoms with Crippen LogP contribution in [0.1, 0.15) is 27.9 Å². The van der Waals surface area contributed by atoms with Crippen LogP contribution in [-0.4, -0.2) is 27.8 Å². The SMILES string of the molecule is Cc1nc(-c2cccc(Cl)c2)sc1C(=O)NN1C(=O)NC(C)(c2ccccc2)C1=O. The second-order valence-electron chi connectivity index (χ2n) is 6.95. The number of hydrogen-bond acceptors (Lipinski definition) is 5. The predicted molar refractivity (Wildman–Crippen MR) is 114 cm³/mol. The first-order valence-electron chi connectivity index (χ1n) is 9.06. The number of carbonyl (C=O) groups excluding carboxylic acids is 3. The molecule has 4 rings (SSSR count). The molecule has 1 aliphatic rings. The maximum atomic E-state index is 13.0. The van der Waals surface area contributed by atoms with Crippen LogP contribution < -0.4 is 10.7 Å². The van der Waals surface area contributed by atoms with Gasteiger partial charge in [0.2, 0.25) is 0 Å². The highest BCUT2D eigenvalue weighted by Gasteiger charge is 2.50. The van der Waals surface area contributed by atoms with Crippen molar-refractivity contribution < 1.29 is 14.4 Å².